The number of halogens is 1. The van der Waals surface area contributed by atoms with E-state index in [-0.39, 0.29) is 0 Å². The molecule has 2 aromatic carbocycles. The van der Waals surface area contributed by atoms with E-state index in [9.17, 15) is 4.79 Å². The number of nitrogens with two attached hydrogens (primary N) is 1. The molecule has 0 saturated heterocycles. The fourth-order valence-electron chi connectivity index (χ4n) is 1.69. The average molecular weight is 290 g/mol. The van der Waals surface area contributed by atoms with Gasteiger partial charge in [0.15, 0.2) is 0 Å². The van der Waals surface area contributed by atoms with Gasteiger partial charge in [0.1, 0.15) is 0 Å². The van der Waals surface area contributed by atoms with Crippen molar-refractivity contribution in [2.75, 3.05) is 0 Å². The van der Waals surface area contributed by atoms with Crippen molar-refractivity contribution in [2.45, 2.75) is 5.33 Å². The molecule has 2 N–H and O–H groups in total. The first kappa shape index (κ1) is 11.9. The molecule has 17 heavy (non-hydrogen) atoms. The smallest absolute Gasteiger partial charge is 0.248 e. The predicted molar refractivity (Wildman–Crippen MR) is 73.0 cm³/mol. The van der Waals surface area contributed by atoms with Crippen molar-refractivity contribution < 1.29 is 4.79 Å². The largest absolute Gasteiger partial charge is 0.366 e. The van der Waals surface area contributed by atoms with Gasteiger partial charge >= 0.3 is 0 Å². The second-order valence-electron chi connectivity index (χ2n) is 3.78. The third-order valence-electron chi connectivity index (χ3n) is 2.56. The zero-order valence-corrected chi connectivity index (χ0v) is 10.8. The van der Waals surface area contributed by atoms with Gasteiger partial charge < -0.3 is 5.73 Å². The van der Waals surface area contributed by atoms with Crippen LogP contribution in [-0.2, 0) is 5.33 Å². The van der Waals surface area contributed by atoms with E-state index >= 15 is 0 Å². The molecule has 0 heterocycles. The topological polar surface area (TPSA) is 43.1 Å². The molecule has 86 valence electrons. The van der Waals surface area contributed by atoms with Gasteiger partial charge in [-0.1, -0.05) is 52.3 Å². The lowest BCUT2D eigenvalue weighted by molar-refractivity contribution is 0.100. The van der Waals surface area contributed by atoms with E-state index in [1.807, 2.05) is 30.3 Å². The third kappa shape index (κ3) is 2.74. The van der Waals surface area contributed by atoms with Crippen molar-refractivity contribution in [3.05, 3.63) is 59.7 Å². The van der Waals surface area contributed by atoms with E-state index in [1.165, 1.54) is 5.56 Å². The summed E-state index contributed by atoms with van der Waals surface area (Å²) in [5.41, 5.74) is 9.10. The zero-order valence-electron chi connectivity index (χ0n) is 9.19. The van der Waals surface area contributed by atoms with E-state index in [4.69, 9.17) is 5.73 Å². The summed E-state index contributed by atoms with van der Waals surface area (Å²) >= 11 is 3.43. The molecule has 0 aliphatic heterocycles. The molecule has 0 atom stereocenters. The van der Waals surface area contributed by atoms with E-state index in [0.29, 0.717) is 5.56 Å². The number of carbonyl (C=O) groups excluding carboxylic acids is 1. The summed E-state index contributed by atoms with van der Waals surface area (Å²) in [6.07, 6.45) is 0. The molecular weight excluding hydrogens is 278 g/mol. The molecule has 0 radical (unpaired) electrons. The van der Waals surface area contributed by atoms with Crippen LogP contribution in [0.3, 0.4) is 0 Å². The molecule has 0 aliphatic carbocycles. The molecule has 0 aliphatic rings. The Morgan fingerprint density at radius 3 is 2.35 bits per heavy atom. The number of alkyl halides is 1. The van der Waals surface area contributed by atoms with Crippen molar-refractivity contribution in [1.82, 2.24) is 0 Å². The van der Waals surface area contributed by atoms with Crippen molar-refractivity contribution >= 4 is 21.8 Å². The van der Waals surface area contributed by atoms with E-state index in [0.717, 1.165) is 16.5 Å². The summed E-state index contributed by atoms with van der Waals surface area (Å²) in [5, 5.41) is 0.816. The molecule has 2 aromatic rings. The fraction of sp³-hybridized carbons (Fsp3) is 0.0714. The molecule has 0 spiro atoms. The highest BCUT2D eigenvalue weighted by Gasteiger charge is 2.03. The Kier molecular flexibility index (Phi) is 3.59. The maximum absolute atomic E-state index is 11.1. The second-order valence-corrected chi connectivity index (χ2v) is 4.34. The maximum Gasteiger partial charge on any atom is 0.248 e. The highest BCUT2D eigenvalue weighted by Crippen LogP contribution is 2.22. The Morgan fingerprint density at radius 1 is 1.06 bits per heavy atom. The van der Waals surface area contributed by atoms with Crippen LogP contribution in [0.5, 0.6) is 0 Å². The van der Waals surface area contributed by atoms with Crippen LogP contribution in [0.1, 0.15) is 15.9 Å². The molecule has 2 nitrogen and oxygen atoms in total. The number of primary amides is 1. The molecule has 2 rings (SSSR count). The summed E-state index contributed by atoms with van der Waals surface area (Å²) in [5.74, 6) is -0.400. The number of carbonyl (C=O) groups is 1. The van der Waals surface area contributed by atoms with Gasteiger partial charge in [-0.2, -0.15) is 0 Å². The Bertz CT molecular complexity index is 551. The lowest BCUT2D eigenvalue weighted by Crippen LogP contribution is -2.10. The monoisotopic (exact) mass is 289 g/mol. The maximum atomic E-state index is 11.1. The molecule has 3 heteroatoms. The van der Waals surface area contributed by atoms with Crippen LogP contribution in [0.15, 0.2) is 48.5 Å². The number of benzene rings is 2. The standard InChI is InChI=1S/C14H12BrNO/c15-9-10-3-1-4-11(7-10)12-5-2-6-13(8-12)14(16)17/h1-8H,9H2,(H2,16,17). The van der Waals surface area contributed by atoms with Crippen LogP contribution in [0.2, 0.25) is 0 Å². The van der Waals surface area contributed by atoms with Gasteiger partial charge in [0, 0.05) is 10.9 Å². The first-order chi connectivity index (χ1) is 8.20. The number of amides is 1. The SMILES string of the molecule is NC(=O)c1cccc(-c2cccc(CBr)c2)c1. The highest BCUT2D eigenvalue weighted by atomic mass is 79.9. The molecular formula is C14H12BrNO. The Hall–Kier alpha value is -1.61. The molecule has 0 bridgehead atoms. The number of hydrogen-bond donors (Lipinski definition) is 1. The summed E-state index contributed by atoms with van der Waals surface area (Å²) in [7, 11) is 0. The molecule has 1 amide bonds. The van der Waals surface area contributed by atoms with Crippen LogP contribution in [-0.4, -0.2) is 5.91 Å². The van der Waals surface area contributed by atoms with E-state index < -0.39 is 5.91 Å². The van der Waals surface area contributed by atoms with Crippen molar-refractivity contribution in [3.63, 3.8) is 0 Å². The van der Waals surface area contributed by atoms with Crippen molar-refractivity contribution in [2.24, 2.45) is 5.73 Å². The lowest BCUT2D eigenvalue weighted by Gasteiger charge is -2.05. The van der Waals surface area contributed by atoms with Gasteiger partial charge in [0.2, 0.25) is 5.91 Å². The highest BCUT2D eigenvalue weighted by molar-refractivity contribution is 9.08. The van der Waals surface area contributed by atoms with Crippen LogP contribution in [0.25, 0.3) is 11.1 Å². The van der Waals surface area contributed by atoms with Crippen LogP contribution < -0.4 is 5.73 Å². The summed E-state index contributed by atoms with van der Waals surface area (Å²) in [4.78, 5) is 11.1. The Balaban J connectivity index is 2.45. The fourth-order valence-corrected chi connectivity index (χ4v) is 2.03. The normalized spacial score (nSPS) is 10.2. The molecule has 0 aromatic heterocycles. The minimum absolute atomic E-state index is 0.400. The quantitative estimate of drug-likeness (QED) is 0.865. The van der Waals surface area contributed by atoms with Crippen LogP contribution in [0, 0.1) is 0 Å². The van der Waals surface area contributed by atoms with Gasteiger partial charge in [-0.3, -0.25) is 4.79 Å². The molecule has 0 fully saturated rings. The van der Waals surface area contributed by atoms with E-state index in [2.05, 4.69) is 28.1 Å². The third-order valence-corrected chi connectivity index (χ3v) is 3.21. The first-order valence-corrected chi connectivity index (χ1v) is 6.38. The number of rotatable bonds is 3. The van der Waals surface area contributed by atoms with Crippen LogP contribution in [0.4, 0.5) is 0 Å². The first-order valence-electron chi connectivity index (χ1n) is 5.26. The zero-order chi connectivity index (χ0) is 12.3. The van der Waals surface area contributed by atoms with Gasteiger partial charge in [-0.15, -0.1) is 0 Å². The van der Waals surface area contributed by atoms with Gasteiger partial charge in [-0.25, -0.2) is 0 Å². The van der Waals surface area contributed by atoms with E-state index in [1.54, 1.807) is 6.07 Å². The van der Waals surface area contributed by atoms with Gasteiger partial charge in [0.25, 0.3) is 0 Å². The van der Waals surface area contributed by atoms with Crippen molar-refractivity contribution in [1.29, 1.82) is 0 Å². The predicted octanol–water partition coefficient (Wildman–Crippen LogP) is 3.35. The minimum Gasteiger partial charge on any atom is -0.366 e. The molecule has 0 unspecified atom stereocenters. The summed E-state index contributed by atoms with van der Waals surface area (Å²) in [6, 6.07) is 15.5. The summed E-state index contributed by atoms with van der Waals surface area (Å²) < 4.78 is 0. The van der Waals surface area contributed by atoms with Gasteiger partial charge in [0.05, 0.1) is 0 Å². The number of hydrogen-bond acceptors (Lipinski definition) is 1. The van der Waals surface area contributed by atoms with Crippen molar-refractivity contribution in [3.8, 4) is 11.1 Å². The van der Waals surface area contributed by atoms with Gasteiger partial charge in [-0.05, 0) is 28.8 Å². The van der Waals surface area contributed by atoms with Crippen LogP contribution >= 0.6 is 15.9 Å². The molecule has 0 saturated carbocycles. The Labute approximate surface area is 109 Å². The summed E-state index contributed by atoms with van der Waals surface area (Å²) in [6.45, 7) is 0. The minimum atomic E-state index is -0.400. The average Bonchev–Trinajstić information content (AvgIpc) is 2.39. The Morgan fingerprint density at radius 2 is 1.71 bits per heavy atom. The lowest BCUT2D eigenvalue weighted by atomic mass is 10.0. The second kappa shape index (κ2) is 5.15.